The minimum Gasteiger partial charge on any atom is -0.356 e. The van der Waals surface area contributed by atoms with Crippen LogP contribution in [0, 0.1) is 11.7 Å². The molecule has 1 saturated heterocycles. The van der Waals surface area contributed by atoms with Crippen molar-refractivity contribution in [1.82, 2.24) is 10.2 Å². The van der Waals surface area contributed by atoms with Crippen LogP contribution in [0.4, 0.5) is 4.39 Å². The fourth-order valence-corrected chi connectivity index (χ4v) is 2.87. The summed E-state index contributed by atoms with van der Waals surface area (Å²) in [6.45, 7) is 4.96. The summed E-state index contributed by atoms with van der Waals surface area (Å²) >= 11 is 0. The molecule has 1 aromatic carbocycles. The smallest absolute Gasteiger partial charge is 0.224 e. The Balaban J connectivity index is 1.82. The summed E-state index contributed by atoms with van der Waals surface area (Å²) in [4.78, 5) is 14.4. The molecule has 2 unspecified atom stereocenters. The molecule has 4 nitrogen and oxygen atoms in total. The van der Waals surface area contributed by atoms with E-state index in [1.165, 1.54) is 6.07 Å². The van der Waals surface area contributed by atoms with Gasteiger partial charge in [-0.05, 0) is 50.4 Å². The number of likely N-dealkylation sites (tertiary alicyclic amines) is 1. The second-order valence-electron chi connectivity index (χ2n) is 6.26. The zero-order valence-electron chi connectivity index (χ0n) is 13.2. The molecule has 0 radical (unpaired) electrons. The van der Waals surface area contributed by atoms with Gasteiger partial charge in [-0.2, -0.15) is 0 Å². The maximum Gasteiger partial charge on any atom is 0.224 e. The molecule has 122 valence electrons. The molecule has 22 heavy (non-hydrogen) atoms. The largest absolute Gasteiger partial charge is 0.356 e. The number of amides is 1. The quantitative estimate of drug-likeness (QED) is 0.844. The third-order valence-corrected chi connectivity index (χ3v) is 4.07. The van der Waals surface area contributed by atoms with Gasteiger partial charge < -0.3 is 11.1 Å². The Morgan fingerprint density at radius 3 is 3.09 bits per heavy atom. The number of hydrogen-bond acceptors (Lipinski definition) is 3. The number of hydrogen-bond donors (Lipinski definition) is 2. The number of carbonyl (C=O) groups excluding carboxylic acids is 1. The molecule has 0 saturated carbocycles. The summed E-state index contributed by atoms with van der Waals surface area (Å²) in [7, 11) is 0. The van der Waals surface area contributed by atoms with Crippen LogP contribution in [0.1, 0.15) is 31.7 Å². The van der Waals surface area contributed by atoms with Crippen molar-refractivity contribution in [3.8, 4) is 0 Å². The van der Waals surface area contributed by atoms with E-state index in [-0.39, 0.29) is 23.7 Å². The molecule has 1 aliphatic heterocycles. The Morgan fingerprint density at radius 1 is 1.55 bits per heavy atom. The zero-order valence-corrected chi connectivity index (χ0v) is 13.2. The van der Waals surface area contributed by atoms with E-state index in [0.29, 0.717) is 13.1 Å². The van der Waals surface area contributed by atoms with E-state index in [4.69, 9.17) is 5.73 Å². The van der Waals surface area contributed by atoms with Crippen molar-refractivity contribution in [3.05, 3.63) is 35.6 Å². The highest BCUT2D eigenvalue weighted by Gasteiger charge is 2.25. The molecule has 2 rings (SSSR count). The molecule has 1 amide bonds. The molecule has 3 N–H and O–H groups in total. The van der Waals surface area contributed by atoms with Crippen LogP contribution >= 0.6 is 0 Å². The van der Waals surface area contributed by atoms with E-state index in [9.17, 15) is 9.18 Å². The molecule has 0 aliphatic carbocycles. The molecule has 0 bridgehead atoms. The predicted molar refractivity (Wildman–Crippen MR) is 85.7 cm³/mol. The maximum atomic E-state index is 13.2. The van der Waals surface area contributed by atoms with Gasteiger partial charge in [-0.25, -0.2) is 4.39 Å². The van der Waals surface area contributed by atoms with Crippen LogP contribution in [-0.2, 0) is 11.3 Å². The van der Waals surface area contributed by atoms with E-state index in [1.54, 1.807) is 12.1 Å². The Hall–Kier alpha value is -1.46. The summed E-state index contributed by atoms with van der Waals surface area (Å²) in [5.74, 6) is -0.0697. The highest BCUT2D eigenvalue weighted by Crippen LogP contribution is 2.19. The summed E-state index contributed by atoms with van der Waals surface area (Å²) in [6, 6.07) is 6.78. The first-order chi connectivity index (χ1) is 10.5. The second kappa shape index (κ2) is 8.25. The van der Waals surface area contributed by atoms with E-state index < -0.39 is 0 Å². The molecule has 5 heteroatoms. The third kappa shape index (κ3) is 5.39. The minimum absolute atomic E-state index is 0.0235. The van der Waals surface area contributed by atoms with Gasteiger partial charge in [0.25, 0.3) is 0 Å². The number of rotatable bonds is 6. The molecule has 1 aromatic rings. The normalized spacial score (nSPS) is 20.6. The van der Waals surface area contributed by atoms with E-state index in [2.05, 4.69) is 10.2 Å². The van der Waals surface area contributed by atoms with Gasteiger partial charge in [0.15, 0.2) is 0 Å². The predicted octanol–water partition coefficient (Wildman–Crippen LogP) is 1.89. The number of piperidine rings is 1. The van der Waals surface area contributed by atoms with E-state index in [1.807, 2.05) is 13.0 Å². The number of nitrogens with two attached hydrogens (primary N) is 1. The summed E-state index contributed by atoms with van der Waals surface area (Å²) in [5.41, 5.74) is 6.64. The van der Waals surface area contributed by atoms with Gasteiger partial charge in [0.1, 0.15) is 5.82 Å². The fourth-order valence-electron chi connectivity index (χ4n) is 2.87. The van der Waals surface area contributed by atoms with Crippen LogP contribution < -0.4 is 11.1 Å². The van der Waals surface area contributed by atoms with Crippen molar-refractivity contribution in [2.45, 2.75) is 38.8 Å². The molecular weight excluding hydrogens is 281 g/mol. The Morgan fingerprint density at radius 2 is 2.36 bits per heavy atom. The zero-order chi connectivity index (χ0) is 15.9. The van der Waals surface area contributed by atoms with E-state index in [0.717, 1.165) is 37.9 Å². The summed E-state index contributed by atoms with van der Waals surface area (Å²) in [6.07, 6.45) is 2.72. The van der Waals surface area contributed by atoms with Gasteiger partial charge in [-0.1, -0.05) is 12.1 Å². The molecule has 0 aromatic heterocycles. The van der Waals surface area contributed by atoms with Gasteiger partial charge in [-0.15, -0.1) is 0 Å². The molecular formula is C17H26FN3O. The second-order valence-corrected chi connectivity index (χ2v) is 6.26. The molecule has 1 heterocycles. The highest BCUT2D eigenvalue weighted by molar-refractivity contribution is 5.78. The summed E-state index contributed by atoms with van der Waals surface area (Å²) < 4.78 is 13.2. The van der Waals surface area contributed by atoms with Crippen LogP contribution in [0.25, 0.3) is 0 Å². The van der Waals surface area contributed by atoms with Gasteiger partial charge in [0, 0.05) is 25.7 Å². The topological polar surface area (TPSA) is 58.4 Å². The van der Waals surface area contributed by atoms with Crippen LogP contribution in [0.5, 0.6) is 0 Å². The monoisotopic (exact) mass is 307 g/mol. The molecule has 1 aliphatic rings. The van der Waals surface area contributed by atoms with Crippen LogP contribution in [-0.4, -0.2) is 36.5 Å². The number of carbonyl (C=O) groups is 1. The average molecular weight is 307 g/mol. The van der Waals surface area contributed by atoms with Crippen molar-refractivity contribution in [2.75, 3.05) is 19.6 Å². The summed E-state index contributed by atoms with van der Waals surface area (Å²) in [5, 5.41) is 2.97. The first-order valence-electron chi connectivity index (χ1n) is 8.04. The number of nitrogens with one attached hydrogen (secondary N) is 1. The van der Waals surface area contributed by atoms with Crippen molar-refractivity contribution in [2.24, 2.45) is 11.7 Å². The molecule has 1 fully saturated rings. The lowest BCUT2D eigenvalue weighted by atomic mass is 9.96. The Labute approximate surface area is 131 Å². The minimum atomic E-state index is -0.209. The maximum absolute atomic E-state index is 13.2. The van der Waals surface area contributed by atoms with Crippen molar-refractivity contribution >= 4 is 5.91 Å². The van der Waals surface area contributed by atoms with Gasteiger partial charge in [0.05, 0.1) is 5.92 Å². The van der Waals surface area contributed by atoms with Gasteiger partial charge >= 0.3 is 0 Å². The number of benzene rings is 1. The van der Waals surface area contributed by atoms with Gasteiger partial charge in [-0.3, -0.25) is 9.69 Å². The number of halogens is 1. The molecule has 0 spiro atoms. The Bertz CT molecular complexity index is 493. The standard InChI is InChI=1S/C17H26FN3O/c1-13(19)7-8-20-17(22)15-5-3-9-21(12-15)11-14-4-2-6-16(18)10-14/h2,4,6,10,13,15H,3,5,7-9,11-12,19H2,1H3,(H,20,22). The van der Waals surface area contributed by atoms with Gasteiger partial charge in [0.2, 0.25) is 5.91 Å². The SMILES string of the molecule is CC(N)CCNC(=O)C1CCCN(Cc2cccc(F)c2)C1. The number of nitrogens with zero attached hydrogens (tertiary/aromatic N) is 1. The molecule has 2 atom stereocenters. The lowest BCUT2D eigenvalue weighted by Crippen LogP contribution is -2.43. The fraction of sp³-hybridized carbons (Fsp3) is 0.588. The van der Waals surface area contributed by atoms with Crippen LogP contribution in [0.3, 0.4) is 0 Å². The third-order valence-electron chi connectivity index (χ3n) is 4.07. The van der Waals surface area contributed by atoms with Crippen molar-refractivity contribution < 1.29 is 9.18 Å². The first-order valence-corrected chi connectivity index (χ1v) is 8.04. The van der Waals surface area contributed by atoms with Crippen LogP contribution in [0.15, 0.2) is 24.3 Å². The Kier molecular flexibility index (Phi) is 6.34. The average Bonchev–Trinajstić information content (AvgIpc) is 2.47. The van der Waals surface area contributed by atoms with Crippen molar-refractivity contribution in [3.63, 3.8) is 0 Å². The van der Waals surface area contributed by atoms with E-state index >= 15 is 0 Å². The lowest BCUT2D eigenvalue weighted by molar-refractivity contribution is -0.126. The highest BCUT2D eigenvalue weighted by atomic mass is 19.1. The lowest BCUT2D eigenvalue weighted by Gasteiger charge is -2.32. The first kappa shape index (κ1) is 16.9. The van der Waals surface area contributed by atoms with Crippen molar-refractivity contribution in [1.29, 1.82) is 0 Å². The van der Waals surface area contributed by atoms with Crippen LogP contribution in [0.2, 0.25) is 0 Å².